The molecule has 27 heavy (non-hydrogen) atoms. The van der Waals surface area contributed by atoms with Gasteiger partial charge in [-0.15, -0.1) is 0 Å². The molecule has 1 aliphatic heterocycles. The van der Waals surface area contributed by atoms with Crippen LogP contribution < -0.4 is 5.32 Å². The zero-order valence-electron chi connectivity index (χ0n) is 14.7. The second-order valence-corrected chi connectivity index (χ2v) is 6.67. The number of fused-ring (bicyclic) bond motifs is 1. The van der Waals surface area contributed by atoms with E-state index in [0.717, 1.165) is 11.6 Å². The number of aromatic nitrogens is 1. The van der Waals surface area contributed by atoms with Gasteiger partial charge in [-0.3, -0.25) is 0 Å². The molecule has 0 spiro atoms. The zero-order valence-corrected chi connectivity index (χ0v) is 14.7. The minimum atomic E-state index is -0.681. The highest BCUT2D eigenvalue weighted by Crippen LogP contribution is 2.40. The van der Waals surface area contributed by atoms with E-state index in [1.54, 1.807) is 17.0 Å². The van der Waals surface area contributed by atoms with Crippen LogP contribution in [0.4, 0.5) is 18.0 Å². The van der Waals surface area contributed by atoms with Crippen LogP contribution in [-0.2, 0) is 0 Å². The molecule has 4 rings (SSSR count). The lowest BCUT2D eigenvalue weighted by Crippen LogP contribution is -2.52. The number of likely N-dealkylation sites (tertiary alicyclic amines) is 1. The van der Waals surface area contributed by atoms with Crippen LogP contribution in [0.3, 0.4) is 0 Å². The zero-order chi connectivity index (χ0) is 19.1. The summed E-state index contributed by atoms with van der Waals surface area (Å²) in [4.78, 5) is 16.6. The lowest BCUT2D eigenvalue weighted by atomic mass is 9.87. The van der Waals surface area contributed by atoms with Crippen LogP contribution in [0.2, 0.25) is 0 Å². The van der Waals surface area contributed by atoms with Gasteiger partial charge in [0.05, 0.1) is 11.2 Å². The van der Waals surface area contributed by atoms with Crippen molar-refractivity contribution < 1.29 is 18.0 Å². The van der Waals surface area contributed by atoms with Gasteiger partial charge in [-0.1, -0.05) is 0 Å². The topological polar surface area (TPSA) is 48.1 Å². The summed E-state index contributed by atoms with van der Waals surface area (Å²) >= 11 is 0. The van der Waals surface area contributed by atoms with Crippen molar-refractivity contribution in [2.45, 2.75) is 12.8 Å². The van der Waals surface area contributed by atoms with Crippen LogP contribution >= 0.6 is 0 Å². The van der Waals surface area contributed by atoms with Gasteiger partial charge in [0.25, 0.3) is 0 Å². The Labute approximate surface area is 154 Å². The molecule has 1 fully saturated rings. The third-order valence-electron chi connectivity index (χ3n) is 4.90. The summed E-state index contributed by atoms with van der Waals surface area (Å²) in [6, 6.07) is 7.81. The summed E-state index contributed by atoms with van der Waals surface area (Å²) in [6.45, 7) is 3.27. The maximum atomic E-state index is 14.3. The average Bonchev–Trinajstić information content (AvgIpc) is 2.94. The maximum absolute atomic E-state index is 14.3. The fraction of sp³-hybridized carbons (Fsp3) is 0.250. The first-order valence-corrected chi connectivity index (χ1v) is 8.77. The number of rotatable bonds is 3. The summed E-state index contributed by atoms with van der Waals surface area (Å²) < 4.78 is 41.5. The summed E-state index contributed by atoms with van der Waals surface area (Å²) in [5.74, 6) is -1.78. The predicted molar refractivity (Wildman–Crippen MR) is 97.0 cm³/mol. The molecular formula is C20H18F3N3O. The van der Waals surface area contributed by atoms with Crippen LogP contribution in [0, 0.1) is 17.5 Å². The van der Waals surface area contributed by atoms with Crippen molar-refractivity contribution in [3.05, 3.63) is 59.4 Å². The van der Waals surface area contributed by atoms with E-state index < -0.39 is 11.6 Å². The van der Waals surface area contributed by atoms with Gasteiger partial charge in [0.15, 0.2) is 0 Å². The Morgan fingerprint density at radius 3 is 2.52 bits per heavy atom. The molecule has 7 heteroatoms. The van der Waals surface area contributed by atoms with E-state index in [4.69, 9.17) is 0 Å². The summed E-state index contributed by atoms with van der Waals surface area (Å²) in [5, 5.41) is 3.19. The number of benzene rings is 2. The molecule has 0 atom stereocenters. The number of nitrogens with one attached hydrogen (secondary N) is 2. The highest BCUT2D eigenvalue weighted by Gasteiger charge is 2.35. The lowest BCUT2D eigenvalue weighted by Gasteiger charge is -2.39. The minimum Gasteiger partial charge on any atom is -0.352 e. The van der Waals surface area contributed by atoms with Crippen molar-refractivity contribution in [3.63, 3.8) is 0 Å². The van der Waals surface area contributed by atoms with Crippen LogP contribution in [0.1, 0.15) is 18.4 Å². The van der Waals surface area contributed by atoms with Gasteiger partial charge in [0.2, 0.25) is 0 Å². The molecule has 1 aliphatic rings. The number of hydrogen-bond donors (Lipinski definition) is 2. The predicted octanol–water partition coefficient (Wildman–Crippen LogP) is 4.38. The molecule has 0 saturated carbocycles. The Kier molecular flexibility index (Phi) is 4.30. The van der Waals surface area contributed by atoms with E-state index in [1.807, 2.05) is 6.92 Å². The number of urea groups is 1. The van der Waals surface area contributed by atoms with E-state index in [2.05, 4.69) is 10.3 Å². The van der Waals surface area contributed by atoms with Gasteiger partial charge >= 0.3 is 6.03 Å². The molecule has 2 heterocycles. The van der Waals surface area contributed by atoms with Crippen LogP contribution in [0.15, 0.2) is 36.4 Å². The number of amides is 2. The molecule has 0 unspecified atom stereocenters. The van der Waals surface area contributed by atoms with Gasteiger partial charge in [-0.25, -0.2) is 18.0 Å². The van der Waals surface area contributed by atoms with Crippen molar-refractivity contribution in [3.8, 4) is 11.3 Å². The second-order valence-electron chi connectivity index (χ2n) is 6.67. The molecule has 1 aromatic heterocycles. The number of nitrogens with zero attached hydrogens (tertiary/aromatic N) is 1. The number of H-pyrrole nitrogens is 1. The Bertz CT molecular complexity index is 1010. The van der Waals surface area contributed by atoms with E-state index in [9.17, 15) is 18.0 Å². The molecule has 3 aromatic rings. The summed E-state index contributed by atoms with van der Waals surface area (Å²) in [7, 11) is 0. The van der Waals surface area contributed by atoms with Crippen LogP contribution in [0.5, 0.6) is 0 Å². The largest absolute Gasteiger partial charge is 0.352 e. The molecule has 0 bridgehead atoms. The SMILES string of the molecule is CCNC(=O)N1CC(c2c(-c3ccc(F)cc3)[nH]c3c(F)cc(F)cc23)C1. The molecule has 2 aromatic carbocycles. The maximum Gasteiger partial charge on any atom is 0.317 e. The number of aromatic amines is 1. The first kappa shape index (κ1) is 17.5. The third-order valence-corrected chi connectivity index (χ3v) is 4.90. The van der Waals surface area contributed by atoms with Crippen LogP contribution in [-0.4, -0.2) is 35.5 Å². The van der Waals surface area contributed by atoms with Gasteiger partial charge in [0, 0.05) is 37.0 Å². The summed E-state index contributed by atoms with van der Waals surface area (Å²) in [6.07, 6.45) is 0. The van der Waals surface area contributed by atoms with Gasteiger partial charge in [0.1, 0.15) is 17.5 Å². The fourth-order valence-electron chi connectivity index (χ4n) is 3.60. The summed E-state index contributed by atoms with van der Waals surface area (Å²) in [5.41, 5.74) is 2.26. The average molecular weight is 373 g/mol. The Balaban J connectivity index is 1.79. The third kappa shape index (κ3) is 3.03. The Hall–Kier alpha value is -2.96. The van der Waals surface area contributed by atoms with Crippen molar-refractivity contribution in [1.82, 2.24) is 15.2 Å². The fourth-order valence-corrected chi connectivity index (χ4v) is 3.60. The van der Waals surface area contributed by atoms with Crippen molar-refractivity contribution in [2.75, 3.05) is 19.6 Å². The molecule has 4 nitrogen and oxygen atoms in total. The van der Waals surface area contributed by atoms with Gasteiger partial charge in [-0.05, 0) is 48.4 Å². The highest BCUT2D eigenvalue weighted by molar-refractivity contribution is 5.92. The van der Waals surface area contributed by atoms with Crippen molar-refractivity contribution >= 4 is 16.9 Å². The van der Waals surface area contributed by atoms with Gasteiger partial charge in [-0.2, -0.15) is 0 Å². The number of halogens is 3. The number of carbonyl (C=O) groups is 1. The molecule has 2 amide bonds. The number of hydrogen-bond acceptors (Lipinski definition) is 1. The van der Waals surface area contributed by atoms with E-state index in [-0.39, 0.29) is 23.3 Å². The molecule has 0 aliphatic carbocycles. The molecule has 2 N–H and O–H groups in total. The normalized spacial score (nSPS) is 14.4. The molecule has 140 valence electrons. The van der Waals surface area contributed by atoms with E-state index in [0.29, 0.717) is 36.3 Å². The van der Waals surface area contributed by atoms with Crippen molar-refractivity contribution in [2.24, 2.45) is 0 Å². The van der Waals surface area contributed by atoms with Crippen molar-refractivity contribution in [1.29, 1.82) is 0 Å². The van der Waals surface area contributed by atoms with E-state index in [1.165, 1.54) is 18.2 Å². The highest BCUT2D eigenvalue weighted by atomic mass is 19.1. The molecular weight excluding hydrogens is 355 g/mol. The van der Waals surface area contributed by atoms with E-state index >= 15 is 0 Å². The quantitative estimate of drug-likeness (QED) is 0.703. The number of carbonyl (C=O) groups excluding carboxylic acids is 1. The Morgan fingerprint density at radius 1 is 1.15 bits per heavy atom. The standard InChI is InChI=1S/C20H18F3N3O/c1-2-24-20(27)26-9-12(10-26)17-15-7-14(22)8-16(23)19(15)25-18(17)11-3-5-13(21)6-4-11/h3-8,12,25H,2,9-10H2,1H3,(H,24,27). The molecule has 1 saturated heterocycles. The molecule has 0 radical (unpaired) electrons. The minimum absolute atomic E-state index is 0.0670. The first-order valence-electron chi connectivity index (χ1n) is 8.77. The van der Waals surface area contributed by atoms with Gasteiger partial charge < -0.3 is 15.2 Å². The van der Waals surface area contributed by atoms with Crippen LogP contribution in [0.25, 0.3) is 22.2 Å². The smallest absolute Gasteiger partial charge is 0.317 e. The lowest BCUT2D eigenvalue weighted by molar-refractivity contribution is 0.152. The Morgan fingerprint density at radius 2 is 1.85 bits per heavy atom. The second kappa shape index (κ2) is 6.64. The monoisotopic (exact) mass is 373 g/mol. The first-order chi connectivity index (χ1) is 13.0.